The average molecular weight is 261 g/mol. The Bertz CT molecular complexity index is 575. The van der Waals surface area contributed by atoms with Gasteiger partial charge in [0.05, 0.1) is 7.11 Å². The number of aromatic nitrogens is 3. The van der Waals surface area contributed by atoms with Crippen molar-refractivity contribution >= 4 is 5.97 Å². The maximum absolute atomic E-state index is 11.0. The number of carbonyl (C=O) groups excluding carboxylic acids is 1. The Morgan fingerprint density at radius 2 is 2.00 bits per heavy atom. The first kappa shape index (κ1) is 13.1. The lowest BCUT2D eigenvalue weighted by Crippen LogP contribution is -2.13. The maximum Gasteiger partial charge on any atom is 0.344 e. The summed E-state index contributed by atoms with van der Waals surface area (Å²) in [5, 5.41) is 4.09. The second-order valence-electron chi connectivity index (χ2n) is 4.07. The van der Waals surface area contributed by atoms with Crippen LogP contribution in [0.2, 0.25) is 0 Å². The van der Waals surface area contributed by atoms with E-state index in [0.29, 0.717) is 5.82 Å². The summed E-state index contributed by atoms with van der Waals surface area (Å²) in [4.78, 5) is 15.2. The van der Waals surface area contributed by atoms with Gasteiger partial charge < -0.3 is 9.47 Å². The van der Waals surface area contributed by atoms with Crippen molar-refractivity contribution in [1.29, 1.82) is 0 Å². The molecule has 0 saturated heterocycles. The standard InChI is InChI=1S/C13H15N3O3/c1-9-4-6-10(7-5-9)12-14-13(15-16(12)2)19-8-11(17)18-3/h4-7H,8H2,1-3H3. The first-order valence-electron chi connectivity index (χ1n) is 5.78. The second-order valence-corrected chi connectivity index (χ2v) is 4.07. The molecule has 2 rings (SSSR count). The van der Waals surface area contributed by atoms with E-state index in [9.17, 15) is 4.79 Å². The molecule has 0 unspecified atom stereocenters. The SMILES string of the molecule is COC(=O)COc1nc(-c2ccc(C)cc2)n(C)n1. The van der Waals surface area contributed by atoms with Gasteiger partial charge in [-0.3, -0.25) is 0 Å². The zero-order valence-electron chi connectivity index (χ0n) is 11.1. The summed E-state index contributed by atoms with van der Waals surface area (Å²) in [5.74, 6) is 0.212. The van der Waals surface area contributed by atoms with E-state index in [4.69, 9.17) is 4.74 Å². The van der Waals surface area contributed by atoms with E-state index in [1.807, 2.05) is 31.2 Å². The van der Waals surface area contributed by atoms with Crippen molar-refractivity contribution in [3.05, 3.63) is 29.8 Å². The fourth-order valence-corrected chi connectivity index (χ4v) is 1.56. The lowest BCUT2D eigenvalue weighted by atomic mass is 10.1. The van der Waals surface area contributed by atoms with Crippen LogP contribution < -0.4 is 4.74 Å². The number of hydrogen-bond donors (Lipinski definition) is 0. The van der Waals surface area contributed by atoms with E-state index in [1.54, 1.807) is 11.7 Å². The molecule has 1 aromatic heterocycles. The van der Waals surface area contributed by atoms with Crippen LogP contribution in [0.5, 0.6) is 6.01 Å². The van der Waals surface area contributed by atoms with Crippen LogP contribution in [0.25, 0.3) is 11.4 Å². The molecule has 0 radical (unpaired) electrons. The van der Waals surface area contributed by atoms with Gasteiger partial charge in [-0.1, -0.05) is 29.8 Å². The third-order valence-electron chi connectivity index (χ3n) is 2.60. The van der Waals surface area contributed by atoms with Gasteiger partial charge in [-0.15, -0.1) is 5.10 Å². The highest BCUT2D eigenvalue weighted by molar-refractivity contribution is 5.70. The molecule has 1 aromatic carbocycles. The highest BCUT2D eigenvalue weighted by Gasteiger charge is 2.11. The van der Waals surface area contributed by atoms with E-state index in [2.05, 4.69) is 14.8 Å². The number of methoxy groups -OCH3 is 1. The van der Waals surface area contributed by atoms with E-state index in [-0.39, 0.29) is 12.6 Å². The van der Waals surface area contributed by atoms with Crippen LogP contribution in [0.3, 0.4) is 0 Å². The number of nitrogens with zero attached hydrogens (tertiary/aromatic N) is 3. The number of hydrogen-bond acceptors (Lipinski definition) is 5. The zero-order chi connectivity index (χ0) is 13.8. The number of aryl methyl sites for hydroxylation is 2. The van der Waals surface area contributed by atoms with Crippen LogP contribution in [-0.2, 0) is 16.6 Å². The molecule has 0 atom stereocenters. The minimum Gasteiger partial charge on any atom is -0.466 e. The first-order chi connectivity index (χ1) is 9.10. The molecular formula is C13H15N3O3. The summed E-state index contributed by atoms with van der Waals surface area (Å²) in [5.41, 5.74) is 2.11. The fourth-order valence-electron chi connectivity index (χ4n) is 1.56. The largest absolute Gasteiger partial charge is 0.466 e. The summed E-state index contributed by atoms with van der Waals surface area (Å²) in [6.45, 7) is 1.82. The summed E-state index contributed by atoms with van der Waals surface area (Å²) in [6, 6.07) is 8.08. The molecule has 0 fully saturated rings. The van der Waals surface area contributed by atoms with E-state index >= 15 is 0 Å². The minimum atomic E-state index is -0.468. The molecule has 0 aliphatic heterocycles. The third-order valence-corrected chi connectivity index (χ3v) is 2.60. The molecule has 2 aromatic rings. The molecule has 19 heavy (non-hydrogen) atoms. The normalized spacial score (nSPS) is 10.3. The van der Waals surface area contributed by atoms with Crippen LogP contribution in [0.4, 0.5) is 0 Å². The van der Waals surface area contributed by atoms with Gasteiger partial charge in [-0.2, -0.15) is 4.98 Å². The molecule has 0 spiro atoms. The van der Waals surface area contributed by atoms with Crippen molar-refractivity contribution in [1.82, 2.24) is 14.8 Å². The number of rotatable bonds is 4. The van der Waals surface area contributed by atoms with Crippen molar-refractivity contribution in [3.63, 3.8) is 0 Å². The lowest BCUT2D eigenvalue weighted by molar-refractivity contribution is -0.143. The van der Waals surface area contributed by atoms with Crippen molar-refractivity contribution in [2.75, 3.05) is 13.7 Å². The molecule has 100 valence electrons. The molecule has 0 aliphatic carbocycles. The van der Waals surface area contributed by atoms with Crippen molar-refractivity contribution in [2.24, 2.45) is 7.05 Å². The third kappa shape index (κ3) is 3.09. The highest BCUT2D eigenvalue weighted by Crippen LogP contribution is 2.19. The molecule has 0 bridgehead atoms. The molecule has 0 saturated carbocycles. The lowest BCUT2D eigenvalue weighted by Gasteiger charge is -1.99. The molecule has 0 N–H and O–H groups in total. The summed E-state index contributed by atoms with van der Waals surface area (Å²) < 4.78 is 11.2. The number of esters is 1. The number of ether oxygens (including phenoxy) is 2. The van der Waals surface area contributed by atoms with Crippen molar-refractivity contribution in [2.45, 2.75) is 6.92 Å². The van der Waals surface area contributed by atoms with Gasteiger partial charge in [0.1, 0.15) is 0 Å². The van der Waals surface area contributed by atoms with Crippen molar-refractivity contribution < 1.29 is 14.3 Å². The fraction of sp³-hybridized carbons (Fsp3) is 0.308. The molecule has 6 nitrogen and oxygen atoms in total. The van der Waals surface area contributed by atoms with Gasteiger partial charge in [0, 0.05) is 12.6 Å². The Balaban J connectivity index is 2.16. The van der Waals surface area contributed by atoms with Crippen LogP contribution >= 0.6 is 0 Å². The highest BCUT2D eigenvalue weighted by atomic mass is 16.6. The van der Waals surface area contributed by atoms with E-state index in [0.717, 1.165) is 5.56 Å². The quantitative estimate of drug-likeness (QED) is 0.777. The molecule has 6 heteroatoms. The van der Waals surface area contributed by atoms with Gasteiger partial charge in [0.25, 0.3) is 0 Å². The average Bonchev–Trinajstić information content (AvgIpc) is 2.78. The Kier molecular flexibility index (Phi) is 3.79. The monoisotopic (exact) mass is 261 g/mol. The Morgan fingerprint density at radius 3 is 2.63 bits per heavy atom. The summed E-state index contributed by atoms with van der Waals surface area (Å²) in [6.07, 6.45) is 0. The number of carbonyl (C=O) groups is 1. The Morgan fingerprint density at radius 1 is 1.32 bits per heavy atom. The molecule has 0 aliphatic rings. The van der Waals surface area contributed by atoms with Crippen molar-refractivity contribution in [3.8, 4) is 17.4 Å². The predicted octanol–water partition coefficient (Wildman–Crippen LogP) is 1.34. The van der Waals surface area contributed by atoms with Gasteiger partial charge in [-0.25, -0.2) is 9.48 Å². The van der Waals surface area contributed by atoms with Gasteiger partial charge in [0.2, 0.25) is 0 Å². The topological polar surface area (TPSA) is 66.2 Å². The predicted molar refractivity (Wildman–Crippen MR) is 68.7 cm³/mol. The van der Waals surface area contributed by atoms with Gasteiger partial charge in [-0.05, 0) is 6.92 Å². The van der Waals surface area contributed by atoms with Gasteiger partial charge >= 0.3 is 12.0 Å². The summed E-state index contributed by atoms with van der Waals surface area (Å²) >= 11 is 0. The smallest absolute Gasteiger partial charge is 0.344 e. The molecule has 0 amide bonds. The van der Waals surface area contributed by atoms with Crippen LogP contribution in [0, 0.1) is 6.92 Å². The Labute approximate surface area is 111 Å². The molecule has 1 heterocycles. The van der Waals surface area contributed by atoms with Crippen LogP contribution in [-0.4, -0.2) is 34.5 Å². The van der Waals surface area contributed by atoms with E-state index < -0.39 is 5.97 Å². The maximum atomic E-state index is 11.0. The molecular weight excluding hydrogens is 246 g/mol. The zero-order valence-corrected chi connectivity index (χ0v) is 11.1. The second kappa shape index (κ2) is 5.51. The number of benzene rings is 1. The van der Waals surface area contributed by atoms with Crippen LogP contribution in [0.15, 0.2) is 24.3 Å². The van der Waals surface area contributed by atoms with Crippen LogP contribution in [0.1, 0.15) is 5.56 Å². The minimum absolute atomic E-state index is 0.156. The summed E-state index contributed by atoms with van der Waals surface area (Å²) in [7, 11) is 3.07. The van der Waals surface area contributed by atoms with Gasteiger partial charge in [0.15, 0.2) is 12.4 Å². The first-order valence-corrected chi connectivity index (χ1v) is 5.78. The Hall–Kier alpha value is -2.37. The van der Waals surface area contributed by atoms with E-state index in [1.165, 1.54) is 12.7 Å².